The van der Waals surface area contributed by atoms with Gasteiger partial charge in [-0.1, -0.05) is 6.07 Å². The fourth-order valence-corrected chi connectivity index (χ4v) is 6.76. The summed E-state index contributed by atoms with van der Waals surface area (Å²) >= 11 is 5.05. The number of hydrogen-bond donors (Lipinski definition) is 1. The predicted octanol–water partition coefficient (Wildman–Crippen LogP) is 3.34. The fraction of sp³-hybridized carbons (Fsp3) is 0.267. The Morgan fingerprint density at radius 2 is 1.96 bits per heavy atom. The van der Waals surface area contributed by atoms with E-state index in [1.807, 2.05) is 18.2 Å². The quantitative estimate of drug-likeness (QED) is 0.663. The molecule has 3 rings (SSSR count). The van der Waals surface area contributed by atoms with Crippen molar-refractivity contribution in [3.05, 3.63) is 44.2 Å². The van der Waals surface area contributed by atoms with Crippen LogP contribution in [0.4, 0.5) is 5.69 Å². The van der Waals surface area contributed by atoms with E-state index >= 15 is 0 Å². The molecule has 0 unspecified atom stereocenters. The van der Waals surface area contributed by atoms with E-state index in [4.69, 9.17) is 0 Å². The van der Waals surface area contributed by atoms with Gasteiger partial charge in [-0.25, -0.2) is 8.42 Å². The van der Waals surface area contributed by atoms with E-state index in [0.717, 1.165) is 26.4 Å². The molecule has 1 saturated heterocycles. The molecule has 0 spiro atoms. The lowest BCUT2D eigenvalue weighted by molar-refractivity contribution is 0.102. The van der Waals surface area contributed by atoms with Crippen LogP contribution < -0.4 is 5.32 Å². The van der Waals surface area contributed by atoms with Crippen molar-refractivity contribution in [1.29, 1.82) is 0 Å². The number of anilines is 1. The summed E-state index contributed by atoms with van der Waals surface area (Å²) in [5.74, 6) is 1.18. The number of carbonyl (C=O) groups is 1. The molecule has 0 aliphatic carbocycles. The summed E-state index contributed by atoms with van der Waals surface area (Å²) in [6.07, 6.45) is 0. The summed E-state index contributed by atoms with van der Waals surface area (Å²) in [5.41, 5.74) is 0.651. The van der Waals surface area contributed by atoms with Crippen molar-refractivity contribution in [3.63, 3.8) is 0 Å². The van der Waals surface area contributed by atoms with Gasteiger partial charge in [0.2, 0.25) is 10.0 Å². The SMILES string of the molecule is O=C(Nc1cccc(I)c1)c1sccc1S(=O)(=O)N1CCSCC1. The molecule has 2 aromatic rings. The monoisotopic (exact) mass is 494 g/mol. The average Bonchev–Trinajstić information content (AvgIpc) is 3.06. The molecule has 1 aliphatic heterocycles. The van der Waals surface area contributed by atoms with Crippen molar-refractivity contribution in [2.75, 3.05) is 29.9 Å². The van der Waals surface area contributed by atoms with Gasteiger partial charge in [0.05, 0.1) is 0 Å². The summed E-state index contributed by atoms with van der Waals surface area (Å²) < 4.78 is 28.1. The van der Waals surface area contributed by atoms with Gasteiger partial charge in [0.25, 0.3) is 5.91 Å². The number of benzene rings is 1. The van der Waals surface area contributed by atoms with Gasteiger partial charge in [0, 0.05) is 33.9 Å². The summed E-state index contributed by atoms with van der Waals surface area (Å²) in [6, 6.07) is 8.90. The molecule has 0 bridgehead atoms. The van der Waals surface area contributed by atoms with Gasteiger partial charge >= 0.3 is 0 Å². The highest BCUT2D eigenvalue weighted by molar-refractivity contribution is 14.1. The van der Waals surface area contributed by atoms with Gasteiger partial charge in [-0.05, 0) is 52.2 Å². The van der Waals surface area contributed by atoms with Gasteiger partial charge in [-0.2, -0.15) is 16.1 Å². The van der Waals surface area contributed by atoms with E-state index < -0.39 is 15.9 Å². The predicted molar refractivity (Wildman–Crippen MR) is 108 cm³/mol. The molecule has 9 heteroatoms. The average molecular weight is 494 g/mol. The Labute approximate surface area is 163 Å². The molecular weight excluding hydrogens is 479 g/mol. The maximum absolute atomic E-state index is 12.8. The minimum absolute atomic E-state index is 0.0996. The normalized spacial score (nSPS) is 16.0. The van der Waals surface area contributed by atoms with Crippen LogP contribution in [0.3, 0.4) is 0 Å². The van der Waals surface area contributed by atoms with E-state index in [1.165, 1.54) is 10.4 Å². The number of rotatable bonds is 4. The first-order valence-corrected chi connectivity index (χ1v) is 11.8. The highest BCUT2D eigenvalue weighted by atomic mass is 127. The summed E-state index contributed by atoms with van der Waals surface area (Å²) in [7, 11) is -3.63. The topological polar surface area (TPSA) is 66.5 Å². The Hall–Kier alpha value is -0.620. The molecule has 2 heterocycles. The third-order valence-electron chi connectivity index (χ3n) is 3.51. The molecule has 1 aromatic heterocycles. The van der Waals surface area contributed by atoms with Gasteiger partial charge < -0.3 is 5.32 Å². The number of thiophene rings is 1. The number of thioether (sulfide) groups is 1. The summed E-state index contributed by atoms with van der Waals surface area (Å²) in [5, 5.41) is 4.43. The lowest BCUT2D eigenvalue weighted by Gasteiger charge is -2.25. The van der Waals surface area contributed by atoms with E-state index in [0.29, 0.717) is 18.8 Å². The molecule has 1 aromatic carbocycles. The van der Waals surface area contributed by atoms with Gasteiger partial charge in [-0.3, -0.25) is 4.79 Å². The standard InChI is InChI=1S/C15H15IN2O3S3/c16-11-2-1-3-12(10-11)17-15(19)14-13(4-7-23-14)24(20,21)18-5-8-22-9-6-18/h1-4,7,10H,5-6,8-9H2,(H,17,19). The maximum atomic E-state index is 12.8. The highest BCUT2D eigenvalue weighted by Crippen LogP contribution is 2.28. The molecule has 1 N–H and O–H groups in total. The largest absolute Gasteiger partial charge is 0.321 e. The number of sulfonamides is 1. The van der Waals surface area contributed by atoms with Crippen LogP contribution in [-0.2, 0) is 10.0 Å². The van der Waals surface area contributed by atoms with Crippen LogP contribution in [-0.4, -0.2) is 43.2 Å². The second-order valence-corrected chi connectivity index (χ2v) is 10.4. The Morgan fingerprint density at radius 1 is 1.21 bits per heavy atom. The van der Waals surface area contributed by atoms with Crippen LogP contribution in [0.2, 0.25) is 0 Å². The second-order valence-electron chi connectivity index (χ2n) is 5.09. The number of nitrogens with one attached hydrogen (secondary N) is 1. The molecule has 1 aliphatic rings. The van der Waals surface area contributed by atoms with E-state index in [-0.39, 0.29) is 9.77 Å². The van der Waals surface area contributed by atoms with Crippen LogP contribution in [0.15, 0.2) is 40.6 Å². The first-order valence-electron chi connectivity index (χ1n) is 7.21. The number of hydrogen-bond acceptors (Lipinski definition) is 5. The Balaban J connectivity index is 1.85. The molecule has 128 valence electrons. The third-order valence-corrected chi connectivity index (χ3v) is 8.10. The molecule has 24 heavy (non-hydrogen) atoms. The second kappa shape index (κ2) is 7.73. The summed E-state index contributed by atoms with van der Waals surface area (Å²) in [4.78, 5) is 12.9. The number of amides is 1. The molecule has 0 radical (unpaired) electrons. The van der Waals surface area contributed by atoms with E-state index in [2.05, 4.69) is 27.9 Å². The van der Waals surface area contributed by atoms with Crippen molar-refractivity contribution in [1.82, 2.24) is 4.31 Å². The third kappa shape index (κ3) is 3.96. The molecule has 5 nitrogen and oxygen atoms in total. The highest BCUT2D eigenvalue weighted by Gasteiger charge is 2.31. The number of halogens is 1. The molecule has 0 saturated carbocycles. The summed E-state index contributed by atoms with van der Waals surface area (Å²) in [6.45, 7) is 0.974. The Morgan fingerprint density at radius 3 is 2.67 bits per heavy atom. The van der Waals surface area contributed by atoms with E-state index in [9.17, 15) is 13.2 Å². The number of carbonyl (C=O) groups excluding carboxylic acids is 1. The van der Waals surface area contributed by atoms with Crippen LogP contribution in [0, 0.1) is 3.57 Å². The van der Waals surface area contributed by atoms with Crippen LogP contribution in [0.1, 0.15) is 9.67 Å². The number of nitrogens with zero attached hydrogens (tertiary/aromatic N) is 1. The minimum atomic E-state index is -3.63. The zero-order valence-corrected chi connectivity index (χ0v) is 17.2. The van der Waals surface area contributed by atoms with Crippen LogP contribution >= 0.6 is 45.7 Å². The van der Waals surface area contributed by atoms with Crippen molar-refractivity contribution in [2.45, 2.75) is 4.90 Å². The van der Waals surface area contributed by atoms with E-state index in [1.54, 1.807) is 23.2 Å². The van der Waals surface area contributed by atoms with Crippen LogP contribution in [0.25, 0.3) is 0 Å². The molecule has 0 atom stereocenters. The first kappa shape index (κ1) is 18.2. The smallest absolute Gasteiger partial charge is 0.267 e. The lowest BCUT2D eigenvalue weighted by atomic mass is 10.3. The molecule has 1 amide bonds. The fourth-order valence-electron chi connectivity index (χ4n) is 2.35. The van der Waals surface area contributed by atoms with Crippen molar-refractivity contribution in [2.24, 2.45) is 0 Å². The zero-order valence-electron chi connectivity index (χ0n) is 12.6. The zero-order chi connectivity index (χ0) is 17.2. The van der Waals surface area contributed by atoms with Gasteiger partial charge in [0.15, 0.2) is 0 Å². The van der Waals surface area contributed by atoms with Gasteiger partial charge in [-0.15, -0.1) is 11.3 Å². The van der Waals surface area contributed by atoms with Crippen molar-refractivity contribution in [3.8, 4) is 0 Å². The molecular formula is C15H15IN2O3S3. The van der Waals surface area contributed by atoms with Gasteiger partial charge in [0.1, 0.15) is 9.77 Å². The van der Waals surface area contributed by atoms with Crippen LogP contribution in [0.5, 0.6) is 0 Å². The minimum Gasteiger partial charge on any atom is -0.321 e. The van der Waals surface area contributed by atoms with Crippen molar-refractivity contribution < 1.29 is 13.2 Å². The lowest BCUT2D eigenvalue weighted by Crippen LogP contribution is -2.38. The Kier molecular flexibility index (Phi) is 5.85. The Bertz CT molecular complexity index is 845. The molecule has 1 fully saturated rings. The maximum Gasteiger partial charge on any atom is 0.267 e. The first-order chi connectivity index (χ1) is 11.5. The van der Waals surface area contributed by atoms with Crippen molar-refractivity contribution >= 4 is 67.3 Å².